The Morgan fingerprint density at radius 1 is 1.36 bits per heavy atom. The summed E-state index contributed by atoms with van der Waals surface area (Å²) in [5, 5.41) is 11.0. The third-order valence-corrected chi connectivity index (χ3v) is 4.89. The van der Waals surface area contributed by atoms with E-state index in [2.05, 4.69) is 16.8 Å². The second-order valence-electron chi connectivity index (χ2n) is 5.06. The van der Waals surface area contributed by atoms with Crippen molar-refractivity contribution in [3.8, 4) is 22.0 Å². The van der Waals surface area contributed by atoms with Crippen molar-refractivity contribution in [2.75, 3.05) is 19.0 Å². The van der Waals surface area contributed by atoms with Crippen LogP contribution in [0.5, 0.6) is 5.75 Å². The van der Waals surface area contributed by atoms with Gasteiger partial charge in [0.25, 0.3) is 0 Å². The lowest BCUT2D eigenvalue weighted by molar-refractivity contribution is 0.412. The maximum atomic E-state index is 6.17. The van der Waals surface area contributed by atoms with Crippen LogP contribution in [-0.2, 0) is 6.42 Å². The van der Waals surface area contributed by atoms with Crippen LogP contribution in [0.15, 0.2) is 35.7 Å². The molecule has 1 aromatic carbocycles. The van der Waals surface area contributed by atoms with Crippen LogP contribution in [0, 0.1) is 0 Å². The smallest absolute Gasteiger partial charge is 0.144 e. The number of rotatable bonds is 3. The van der Waals surface area contributed by atoms with Crippen molar-refractivity contribution in [3.05, 3.63) is 46.3 Å². The molecule has 0 saturated carbocycles. The van der Waals surface area contributed by atoms with Crippen LogP contribution in [0.3, 0.4) is 0 Å². The van der Waals surface area contributed by atoms with Crippen molar-refractivity contribution >= 4 is 28.8 Å². The summed E-state index contributed by atoms with van der Waals surface area (Å²) in [6.07, 6.45) is 0.978. The van der Waals surface area contributed by atoms with E-state index < -0.39 is 0 Å². The lowest BCUT2D eigenvalue weighted by Crippen LogP contribution is -2.05. The van der Waals surface area contributed by atoms with E-state index in [1.54, 1.807) is 18.4 Å². The molecule has 0 atom stereocenters. The molecule has 1 N–H and O–H groups in total. The molecule has 1 aliphatic heterocycles. The van der Waals surface area contributed by atoms with Crippen LogP contribution < -0.4 is 10.1 Å². The van der Waals surface area contributed by atoms with Gasteiger partial charge in [0.1, 0.15) is 22.9 Å². The number of halogens is 1. The first kappa shape index (κ1) is 13.7. The van der Waals surface area contributed by atoms with Gasteiger partial charge in [-0.05, 0) is 36.1 Å². The number of thiophene rings is 1. The van der Waals surface area contributed by atoms with Gasteiger partial charge >= 0.3 is 0 Å². The second-order valence-corrected chi connectivity index (χ2v) is 6.44. The van der Waals surface area contributed by atoms with Gasteiger partial charge in [-0.1, -0.05) is 17.7 Å². The monoisotopic (exact) mass is 331 g/mol. The van der Waals surface area contributed by atoms with E-state index in [4.69, 9.17) is 21.4 Å². The summed E-state index contributed by atoms with van der Waals surface area (Å²) in [4.78, 5) is 1.18. The van der Waals surface area contributed by atoms with Gasteiger partial charge in [0, 0.05) is 17.1 Å². The van der Waals surface area contributed by atoms with Crippen molar-refractivity contribution < 1.29 is 4.74 Å². The molecule has 4 nitrogen and oxygen atoms in total. The van der Waals surface area contributed by atoms with Crippen molar-refractivity contribution in [3.63, 3.8) is 0 Å². The fourth-order valence-corrected chi connectivity index (χ4v) is 3.69. The zero-order valence-corrected chi connectivity index (χ0v) is 13.5. The van der Waals surface area contributed by atoms with Gasteiger partial charge in [-0.2, -0.15) is 5.10 Å². The van der Waals surface area contributed by atoms with Crippen LogP contribution in [0.2, 0.25) is 5.02 Å². The number of nitrogens with zero attached hydrogens (tertiary/aromatic N) is 2. The van der Waals surface area contributed by atoms with E-state index in [1.165, 1.54) is 10.4 Å². The fraction of sp³-hybridized carbons (Fsp3) is 0.188. The largest absolute Gasteiger partial charge is 0.494 e. The molecule has 0 spiro atoms. The van der Waals surface area contributed by atoms with E-state index in [1.807, 2.05) is 28.9 Å². The molecular weight excluding hydrogens is 318 g/mol. The quantitative estimate of drug-likeness (QED) is 0.780. The third kappa shape index (κ3) is 2.09. The van der Waals surface area contributed by atoms with Gasteiger partial charge in [0.05, 0.1) is 12.0 Å². The molecule has 4 rings (SSSR count). The number of hydrogen-bond acceptors (Lipinski definition) is 4. The van der Waals surface area contributed by atoms with E-state index in [9.17, 15) is 0 Å². The summed E-state index contributed by atoms with van der Waals surface area (Å²) >= 11 is 7.87. The highest BCUT2D eigenvalue weighted by atomic mass is 35.5. The molecule has 0 amide bonds. The Bertz CT molecular complexity index is 826. The fourth-order valence-electron chi connectivity index (χ4n) is 2.79. The second kappa shape index (κ2) is 5.34. The SMILES string of the molecule is COc1ccc(Cl)cc1-n1nc(-c2cccs2)c2c1NCC2. The molecule has 3 heterocycles. The number of benzene rings is 1. The van der Waals surface area contributed by atoms with Gasteiger partial charge in [-0.3, -0.25) is 0 Å². The van der Waals surface area contributed by atoms with Gasteiger partial charge in [0.2, 0.25) is 0 Å². The Morgan fingerprint density at radius 2 is 2.27 bits per heavy atom. The summed E-state index contributed by atoms with van der Waals surface area (Å²) in [7, 11) is 1.66. The van der Waals surface area contributed by atoms with Gasteiger partial charge < -0.3 is 10.1 Å². The van der Waals surface area contributed by atoms with Gasteiger partial charge in [0.15, 0.2) is 0 Å². The maximum Gasteiger partial charge on any atom is 0.144 e. The molecule has 0 unspecified atom stereocenters. The number of anilines is 1. The molecule has 6 heteroatoms. The van der Waals surface area contributed by atoms with Crippen LogP contribution in [0.4, 0.5) is 5.82 Å². The average molecular weight is 332 g/mol. The molecule has 0 saturated heterocycles. The standard InChI is InChI=1S/C16H14ClN3OS/c1-21-13-5-4-10(17)9-12(13)20-16-11(6-7-18-16)15(19-20)14-3-2-8-22-14/h2-5,8-9,18H,6-7H2,1H3. The Labute approximate surface area is 137 Å². The molecule has 0 aliphatic carbocycles. The van der Waals surface area contributed by atoms with Crippen LogP contribution in [0.25, 0.3) is 16.3 Å². The van der Waals surface area contributed by atoms with Crippen LogP contribution in [0.1, 0.15) is 5.56 Å². The number of hydrogen-bond donors (Lipinski definition) is 1. The summed E-state index contributed by atoms with van der Waals surface area (Å²) in [6, 6.07) is 9.72. The minimum absolute atomic E-state index is 0.663. The average Bonchev–Trinajstić information content (AvgIpc) is 3.24. The summed E-state index contributed by atoms with van der Waals surface area (Å²) in [6.45, 7) is 0.925. The number of ether oxygens (including phenoxy) is 1. The van der Waals surface area contributed by atoms with Gasteiger partial charge in [-0.25, -0.2) is 4.68 Å². The highest BCUT2D eigenvalue weighted by molar-refractivity contribution is 7.13. The lowest BCUT2D eigenvalue weighted by atomic mass is 10.2. The van der Waals surface area contributed by atoms with E-state index >= 15 is 0 Å². The van der Waals surface area contributed by atoms with E-state index in [0.29, 0.717) is 5.02 Å². The molecule has 0 fully saturated rings. The zero-order valence-electron chi connectivity index (χ0n) is 12.0. The molecular formula is C16H14ClN3OS. The number of nitrogens with one attached hydrogen (secondary N) is 1. The van der Waals surface area contributed by atoms with Crippen LogP contribution in [-0.4, -0.2) is 23.4 Å². The number of fused-ring (bicyclic) bond motifs is 1. The predicted molar refractivity (Wildman–Crippen MR) is 90.6 cm³/mol. The summed E-state index contributed by atoms with van der Waals surface area (Å²) in [5.74, 6) is 1.78. The first-order valence-electron chi connectivity index (χ1n) is 7.01. The Kier molecular flexibility index (Phi) is 3.32. The molecule has 2 aromatic heterocycles. The van der Waals surface area contributed by atoms with E-state index in [0.717, 1.165) is 35.9 Å². The molecule has 3 aromatic rings. The molecule has 0 bridgehead atoms. The maximum absolute atomic E-state index is 6.17. The van der Waals surface area contributed by atoms with Crippen LogP contribution >= 0.6 is 22.9 Å². The molecule has 112 valence electrons. The summed E-state index contributed by atoms with van der Waals surface area (Å²) in [5.41, 5.74) is 3.14. The van der Waals surface area contributed by atoms with E-state index in [-0.39, 0.29) is 0 Å². The summed E-state index contributed by atoms with van der Waals surface area (Å²) < 4.78 is 7.37. The Morgan fingerprint density at radius 3 is 3.05 bits per heavy atom. The topological polar surface area (TPSA) is 39.1 Å². The molecule has 1 aliphatic rings. The zero-order chi connectivity index (χ0) is 15.1. The minimum atomic E-state index is 0.663. The Hall–Kier alpha value is -1.98. The van der Waals surface area contributed by atoms with Crippen molar-refractivity contribution in [1.82, 2.24) is 9.78 Å². The third-order valence-electron chi connectivity index (χ3n) is 3.77. The van der Waals surface area contributed by atoms with Crippen molar-refractivity contribution in [2.24, 2.45) is 0 Å². The molecule has 0 radical (unpaired) electrons. The van der Waals surface area contributed by atoms with Gasteiger partial charge in [-0.15, -0.1) is 11.3 Å². The Balaban J connectivity index is 1.94. The normalized spacial score (nSPS) is 13.0. The van der Waals surface area contributed by atoms with Crippen molar-refractivity contribution in [2.45, 2.75) is 6.42 Å². The number of methoxy groups -OCH3 is 1. The molecule has 22 heavy (non-hydrogen) atoms. The minimum Gasteiger partial charge on any atom is -0.494 e. The lowest BCUT2D eigenvalue weighted by Gasteiger charge is -2.11. The first-order chi connectivity index (χ1) is 10.8. The highest BCUT2D eigenvalue weighted by Gasteiger charge is 2.25. The predicted octanol–water partition coefficient (Wildman–Crippen LogP) is 4.23. The van der Waals surface area contributed by atoms with Crippen molar-refractivity contribution in [1.29, 1.82) is 0 Å². The highest BCUT2D eigenvalue weighted by Crippen LogP contribution is 2.38. The first-order valence-corrected chi connectivity index (χ1v) is 8.27. The number of aromatic nitrogens is 2.